The molecule has 1 rings (SSSR count). The normalized spacial score (nSPS) is 5.82. The average Bonchev–Trinajstić information content (AvgIpc) is 2.11. The van der Waals surface area contributed by atoms with Gasteiger partial charge >= 0.3 is 103 Å². The van der Waals surface area contributed by atoms with E-state index in [0.29, 0.717) is 0 Å². The second kappa shape index (κ2) is 14.3. The molecule has 0 fully saturated rings. The van der Waals surface area contributed by atoms with Gasteiger partial charge in [-0.2, -0.15) is 5.10 Å². The van der Waals surface area contributed by atoms with E-state index in [1.165, 1.54) is 0 Å². The Bertz CT molecular complexity index is 135. The summed E-state index contributed by atoms with van der Waals surface area (Å²) in [5, 5.41) is 22.9. The van der Waals surface area contributed by atoms with Gasteiger partial charge in [0, 0.05) is 12.4 Å². The quantitative estimate of drug-likeness (QED) is 0.427. The Morgan fingerprint density at radius 2 is 1.82 bits per heavy atom. The summed E-state index contributed by atoms with van der Waals surface area (Å²) in [7, 11) is 0. The third-order valence-electron chi connectivity index (χ3n) is 0.406. The van der Waals surface area contributed by atoms with Crippen LogP contribution in [0.3, 0.4) is 0 Å². The summed E-state index contributed by atoms with van der Waals surface area (Å²) < 4.78 is 0. The fraction of sp³-hybridized carbons (Fsp3) is 0. The van der Waals surface area contributed by atoms with Crippen LogP contribution >= 0.6 is 0 Å². The van der Waals surface area contributed by atoms with Crippen molar-refractivity contribution in [2.24, 2.45) is 0 Å². The van der Waals surface area contributed by atoms with Gasteiger partial charge in [-0.1, -0.05) is 0 Å². The van der Waals surface area contributed by atoms with Crippen LogP contribution in [0.2, 0.25) is 0 Å². The molecule has 0 aliphatic heterocycles. The molecule has 0 aliphatic carbocycles. The summed E-state index contributed by atoms with van der Waals surface area (Å²) in [6.07, 6.45) is 1.13. The second-order valence-corrected chi connectivity index (χ2v) is 1.02. The van der Waals surface area contributed by atoms with Gasteiger partial charge in [0.1, 0.15) is 0 Å². The minimum absolute atomic E-state index is 0. The maximum atomic E-state index is 8.33. The molecule has 50 valence electrons. The van der Waals surface area contributed by atoms with Crippen molar-refractivity contribution in [1.29, 1.82) is 0 Å². The molecule has 0 spiro atoms. The van der Waals surface area contributed by atoms with Gasteiger partial charge in [0.2, 0.25) is 0 Å². The predicted molar refractivity (Wildman–Crippen MR) is 24.0 cm³/mol. The maximum absolute atomic E-state index is 8.33. The Morgan fingerprint density at radius 3 is 1.91 bits per heavy atom. The zero-order valence-electron chi connectivity index (χ0n) is 6.40. The molecule has 0 unspecified atom stereocenters. The van der Waals surface area contributed by atoms with Gasteiger partial charge in [0.25, 0.3) is 0 Å². The van der Waals surface area contributed by atoms with Gasteiger partial charge in [0.05, 0.1) is 0 Å². The number of H-pyrrole nitrogens is 1. The van der Waals surface area contributed by atoms with Crippen LogP contribution in [0.1, 0.15) is 0 Å². The van der Waals surface area contributed by atoms with Crippen molar-refractivity contribution in [3.05, 3.63) is 18.5 Å². The molecule has 1 aromatic heterocycles. The number of rotatable bonds is 0. The van der Waals surface area contributed by atoms with Crippen LogP contribution in [0.15, 0.2) is 18.5 Å². The molecule has 1 aromatic rings. The molecule has 0 saturated heterocycles. The SMILES string of the molecule is O=C([O-])[O-].[K+].[K+].c1cn[nH]c1. The van der Waals surface area contributed by atoms with E-state index in [1.807, 2.05) is 6.07 Å². The number of aromatic amines is 1. The van der Waals surface area contributed by atoms with Crippen molar-refractivity contribution in [1.82, 2.24) is 10.2 Å². The Labute approximate surface area is 149 Å². The van der Waals surface area contributed by atoms with E-state index in [-0.39, 0.29) is 103 Å². The number of nitrogens with zero attached hydrogens (tertiary/aromatic N) is 1. The molecule has 0 aliphatic rings. The van der Waals surface area contributed by atoms with Gasteiger partial charge < -0.3 is 15.0 Å². The zero-order chi connectivity index (χ0) is 7.11. The minimum Gasteiger partial charge on any atom is -0.652 e. The summed E-state index contributed by atoms with van der Waals surface area (Å²) in [6, 6.07) is 1.83. The van der Waals surface area contributed by atoms with Gasteiger partial charge in [-0.15, -0.1) is 0 Å². The van der Waals surface area contributed by atoms with Crippen molar-refractivity contribution in [2.75, 3.05) is 0 Å². The topological polar surface area (TPSA) is 91.9 Å². The van der Waals surface area contributed by atoms with Crippen LogP contribution in [0.25, 0.3) is 0 Å². The monoisotopic (exact) mass is 206 g/mol. The van der Waals surface area contributed by atoms with Gasteiger partial charge in [-0.05, 0) is 12.2 Å². The first-order valence-electron chi connectivity index (χ1n) is 2.05. The predicted octanol–water partition coefficient (Wildman–Crippen LogP) is -8.03. The van der Waals surface area contributed by atoms with Gasteiger partial charge in [-0.25, -0.2) is 0 Å². The molecule has 0 radical (unpaired) electrons. The summed E-state index contributed by atoms with van der Waals surface area (Å²) >= 11 is 0. The largest absolute Gasteiger partial charge is 1.00 e. The Balaban J connectivity index is -0.000000101. The van der Waals surface area contributed by atoms with Crippen LogP contribution in [0.4, 0.5) is 4.79 Å². The molecule has 11 heavy (non-hydrogen) atoms. The fourth-order valence-corrected chi connectivity index (χ4v) is 0.215. The molecule has 0 amide bonds. The molecule has 7 heteroatoms. The van der Waals surface area contributed by atoms with E-state index >= 15 is 0 Å². The average molecular weight is 206 g/mol. The molecule has 0 atom stereocenters. The van der Waals surface area contributed by atoms with Crippen molar-refractivity contribution in [2.45, 2.75) is 0 Å². The molecule has 0 saturated carbocycles. The first-order chi connectivity index (χ1) is 4.23. The first kappa shape index (κ1) is 18.5. The summed E-state index contributed by atoms with van der Waals surface area (Å²) in [5.74, 6) is 0. The van der Waals surface area contributed by atoms with E-state index in [4.69, 9.17) is 15.0 Å². The molecule has 5 nitrogen and oxygen atoms in total. The molecular formula is C4H4K2N2O3. The van der Waals surface area contributed by atoms with E-state index in [9.17, 15) is 0 Å². The maximum Gasteiger partial charge on any atom is 1.00 e. The van der Waals surface area contributed by atoms with Crippen LogP contribution in [0.5, 0.6) is 0 Å². The van der Waals surface area contributed by atoms with Crippen molar-refractivity contribution >= 4 is 6.16 Å². The first-order valence-corrected chi connectivity index (χ1v) is 2.05. The Kier molecular flexibility index (Phi) is 24.1. The van der Waals surface area contributed by atoms with Crippen molar-refractivity contribution in [3.8, 4) is 0 Å². The van der Waals surface area contributed by atoms with E-state index in [2.05, 4.69) is 10.2 Å². The van der Waals surface area contributed by atoms with Gasteiger partial charge in [0.15, 0.2) is 0 Å². The molecule has 0 bridgehead atoms. The number of carboxylic acid groups (broad SMARTS) is 2. The number of hydrogen-bond acceptors (Lipinski definition) is 4. The number of carbonyl (C=O) groups is 1. The molecule has 1 heterocycles. The molecule has 0 aromatic carbocycles. The second-order valence-electron chi connectivity index (χ2n) is 1.02. The third-order valence-corrected chi connectivity index (χ3v) is 0.406. The summed E-state index contributed by atoms with van der Waals surface area (Å²) in [6.45, 7) is 0. The van der Waals surface area contributed by atoms with E-state index in [1.54, 1.807) is 12.4 Å². The van der Waals surface area contributed by atoms with Crippen LogP contribution < -0.4 is 113 Å². The number of aromatic nitrogens is 2. The Hall–Kier alpha value is 1.75. The number of carbonyl (C=O) groups excluding carboxylic acids is 1. The summed E-state index contributed by atoms with van der Waals surface area (Å²) in [5.41, 5.74) is 0. The van der Waals surface area contributed by atoms with E-state index < -0.39 is 6.16 Å². The van der Waals surface area contributed by atoms with Crippen LogP contribution in [-0.2, 0) is 0 Å². The Morgan fingerprint density at radius 1 is 1.36 bits per heavy atom. The van der Waals surface area contributed by atoms with Crippen molar-refractivity contribution < 1.29 is 118 Å². The fourth-order valence-electron chi connectivity index (χ4n) is 0.215. The van der Waals surface area contributed by atoms with E-state index in [0.717, 1.165) is 0 Å². The van der Waals surface area contributed by atoms with Crippen LogP contribution in [0, 0.1) is 0 Å². The molecule has 1 N–H and O–H groups in total. The molecular weight excluding hydrogens is 202 g/mol. The minimum atomic E-state index is -2.33. The zero-order valence-corrected chi connectivity index (χ0v) is 12.7. The standard InChI is InChI=1S/C3H4N2.CH2O3.2K/c1-2-4-5-3-1;2-1(3)4;;/h1-3H,(H,4,5);(H2,2,3,4);;/q;;2*+1/p-2. The smallest absolute Gasteiger partial charge is 0.652 e. The number of hydrogen-bond donors (Lipinski definition) is 1. The number of nitrogens with one attached hydrogen (secondary N) is 1. The van der Waals surface area contributed by atoms with Crippen molar-refractivity contribution in [3.63, 3.8) is 0 Å². The van der Waals surface area contributed by atoms with Gasteiger partial charge in [-0.3, -0.25) is 5.10 Å². The summed E-state index contributed by atoms with van der Waals surface area (Å²) in [4.78, 5) is 8.33. The third kappa shape index (κ3) is 24.5. The van der Waals surface area contributed by atoms with Crippen LogP contribution in [-0.4, -0.2) is 16.4 Å².